The van der Waals surface area contributed by atoms with E-state index in [9.17, 15) is 13.2 Å². The molecule has 0 spiro atoms. The van der Waals surface area contributed by atoms with E-state index in [2.05, 4.69) is 4.99 Å². The lowest BCUT2D eigenvalue weighted by Gasteiger charge is -2.27. The van der Waals surface area contributed by atoms with Gasteiger partial charge in [-0.25, -0.2) is 13.2 Å². The first-order valence-corrected chi connectivity index (χ1v) is 8.40. The van der Waals surface area contributed by atoms with Gasteiger partial charge in [0.25, 0.3) is 0 Å². The topological polar surface area (TPSA) is 72.8 Å². The Morgan fingerprint density at radius 1 is 1.35 bits per heavy atom. The molecule has 1 heterocycles. The molecule has 1 saturated carbocycles. The van der Waals surface area contributed by atoms with Crippen molar-refractivity contribution in [1.82, 2.24) is 0 Å². The van der Waals surface area contributed by atoms with Gasteiger partial charge in [-0.15, -0.1) is 0 Å². The van der Waals surface area contributed by atoms with Crippen molar-refractivity contribution < 1.29 is 17.9 Å². The molecule has 0 N–H and O–H groups in total. The van der Waals surface area contributed by atoms with Crippen LogP contribution in [0.4, 0.5) is 0 Å². The minimum Gasteiger partial charge on any atom is -0.487 e. The van der Waals surface area contributed by atoms with E-state index in [1.165, 1.54) is 0 Å². The molecule has 0 atom stereocenters. The first kappa shape index (κ1) is 13.6. The Labute approximate surface area is 121 Å². The molecule has 0 amide bonds. The first-order chi connectivity index (χ1) is 9.44. The quantitative estimate of drug-likeness (QED) is 0.628. The lowest BCUT2D eigenvalue weighted by atomic mass is 10.1. The summed E-state index contributed by atoms with van der Waals surface area (Å²) in [7, 11) is -2.92. The Kier molecular flexibility index (Phi) is 3.12. The predicted octanol–water partition coefficient (Wildman–Crippen LogP) is 1.84. The molecule has 20 heavy (non-hydrogen) atoms. The molecule has 1 aliphatic heterocycles. The molecule has 0 unspecified atom stereocenters. The van der Waals surface area contributed by atoms with Gasteiger partial charge in [-0.2, -0.15) is 4.99 Å². The second-order valence-corrected chi connectivity index (χ2v) is 7.76. The van der Waals surface area contributed by atoms with Crippen molar-refractivity contribution in [1.29, 1.82) is 0 Å². The summed E-state index contributed by atoms with van der Waals surface area (Å²) < 4.78 is 27.7. The zero-order valence-electron chi connectivity index (χ0n) is 10.5. The summed E-state index contributed by atoms with van der Waals surface area (Å²) in [5.41, 5.74) is 0.392. The van der Waals surface area contributed by atoms with Gasteiger partial charge < -0.3 is 4.74 Å². The van der Waals surface area contributed by atoms with Gasteiger partial charge in [-0.3, -0.25) is 0 Å². The van der Waals surface area contributed by atoms with Gasteiger partial charge in [0.1, 0.15) is 11.9 Å². The van der Waals surface area contributed by atoms with Crippen molar-refractivity contribution in [2.75, 3.05) is 11.5 Å². The van der Waals surface area contributed by atoms with Gasteiger partial charge >= 0.3 is 0 Å². The number of isocyanates is 1. The van der Waals surface area contributed by atoms with Gasteiger partial charge in [0.2, 0.25) is 6.08 Å². The number of nitrogens with zero attached hydrogens (tertiary/aromatic N) is 1. The van der Waals surface area contributed by atoms with Crippen LogP contribution in [-0.2, 0) is 20.2 Å². The number of sulfone groups is 1. The van der Waals surface area contributed by atoms with Gasteiger partial charge in [-0.05, 0) is 30.5 Å². The third kappa shape index (κ3) is 2.46. The Morgan fingerprint density at radius 2 is 2.05 bits per heavy atom. The minimum absolute atomic E-state index is 0.0322. The molecule has 5 nitrogen and oxygen atoms in total. The lowest BCUT2D eigenvalue weighted by Crippen LogP contribution is -2.45. The van der Waals surface area contributed by atoms with Crippen LogP contribution in [0, 0.1) is 0 Å². The predicted molar refractivity (Wildman–Crippen MR) is 73.6 cm³/mol. The van der Waals surface area contributed by atoms with Gasteiger partial charge in [-0.1, -0.05) is 17.7 Å². The maximum Gasteiger partial charge on any atom is 0.235 e. The molecule has 1 saturated heterocycles. The van der Waals surface area contributed by atoms with Crippen LogP contribution in [0.1, 0.15) is 18.4 Å². The van der Waals surface area contributed by atoms with Crippen molar-refractivity contribution in [3.8, 4) is 5.75 Å². The van der Waals surface area contributed by atoms with Crippen LogP contribution in [0.5, 0.6) is 5.75 Å². The first-order valence-electron chi connectivity index (χ1n) is 6.20. The van der Waals surface area contributed by atoms with Crippen molar-refractivity contribution in [2.24, 2.45) is 4.99 Å². The molecule has 0 bridgehead atoms. The van der Waals surface area contributed by atoms with Crippen LogP contribution in [0.3, 0.4) is 0 Å². The molecule has 2 fully saturated rings. The van der Waals surface area contributed by atoms with Crippen LogP contribution >= 0.6 is 11.6 Å². The number of rotatable bonds is 4. The van der Waals surface area contributed by atoms with Gasteiger partial charge in [0.05, 0.1) is 22.1 Å². The summed E-state index contributed by atoms with van der Waals surface area (Å²) in [4.78, 5) is 14.3. The SMILES string of the molecule is O=C=NC1(c2ccc(OC3CS(=O)(=O)C3)c(Cl)c2)CC1. The van der Waals surface area contributed by atoms with Crippen LogP contribution in [0.25, 0.3) is 0 Å². The average molecular weight is 314 g/mol. The van der Waals surface area contributed by atoms with E-state index < -0.39 is 15.4 Å². The minimum atomic E-state index is -2.92. The Morgan fingerprint density at radius 3 is 2.55 bits per heavy atom. The number of ether oxygens (including phenoxy) is 1. The Bertz CT molecular complexity index is 693. The molecule has 2 aliphatic rings. The third-order valence-corrected chi connectivity index (χ3v) is 5.68. The van der Waals surface area contributed by atoms with Crippen molar-refractivity contribution in [3.63, 3.8) is 0 Å². The molecule has 0 aromatic heterocycles. The maximum atomic E-state index is 11.1. The van der Waals surface area contributed by atoms with Crippen LogP contribution in [0.15, 0.2) is 23.2 Å². The van der Waals surface area contributed by atoms with E-state index in [0.29, 0.717) is 10.8 Å². The fraction of sp³-hybridized carbons (Fsp3) is 0.462. The van der Waals surface area contributed by atoms with E-state index in [1.807, 2.05) is 6.07 Å². The molecule has 0 radical (unpaired) electrons. The summed E-state index contributed by atoms with van der Waals surface area (Å²) in [5, 5.41) is 0.402. The molecule has 1 aromatic carbocycles. The second-order valence-electron chi connectivity index (χ2n) is 5.20. The zero-order chi connectivity index (χ0) is 14.4. The highest BCUT2D eigenvalue weighted by atomic mass is 35.5. The summed E-state index contributed by atoms with van der Waals surface area (Å²) in [6.07, 6.45) is 2.88. The van der Waals surface area contributed by atoms with E-state index in [-0.39, 0.29) is 17.6 Å². The largest absolute Gasteiger partial charge is 0.487 e. The molecule has 1 aromatic rings. The van der Waals surface area contributed by atoms with E-state index in [4.69, 9.17) is 16.3 Å². The van der Waals surface area contributed by atoms with Crippen LogP contribution in [0.2, 0.25) is 5.02 Å². The Balaban J connectivity index is 1.77. The monoisotopic (exact) mass is 313 g/mol. The summed E-state index contributed by atoms with van der Waals surface area (Å²) in [6, 6.07) is 5.23. The Hall–Kier alpha value is -1.36. The van der Waals surface area contributed by atoms with Crippen LogP contribution in [-0.4, -0.2) is 32.1 Å². The number of aliphatic imine (C=N–C) groups is 1. The van der Waals surface area contributed by atoms with Crippen molar-refractivity contribution in [2.45, 2.75) is 24.5 Å². The number of hydrogen-bond acceptors (Lipinski definition) is 5. The van der Waals surface area contributed by atoms with Crippen molar-refractivity contribution in [3.05, 3.63) is 28.8 Å². The van der Waals surface area contributed by atoms with Crippen molar-refractivity contribution >= 4 is 27.5 Å². The van der Waals surface area contributed by atoms with Crippen LogP contribution < -0.4 is 4.74 Å². The standard InChI is InChI=1S/C13H12ClNO4S/c14-11-5-9(13(3-4-13)15-8-16)1-2-12(11)19-10-6-20(17,18)7-10/h1-2,5,10H,3-4,6-7H2. The van der Waals surface area contributed by atoms with Gasteiger partial charge in [0.15, 0.2) is 9.84 Å². The second kappa shape index (κ2) is 4.58. The lowest BCUT2D eigenvalue weighted by molar-refractivity contribution is 0.230. The fourth-order valence-corrected chi connectivity index (χ4v) is 3.72. The molecule has 1 aliphatic carbocycles. The number of carbonyl (C=O) groups excluding carboxylic acids is 1. The number of hydrogen-bond donors (Lipinski definition) is 0. The zero-order valence-corrected chi connectivity index (χ0v) is 12.1. The highest BCUT2D eigenvalue weighted by Gasteiger charge is 2.45. The smallest absolute Gasteiger partial charge is 0.235 e. The normalized spacial score (nSPS) is 22.4. The highest BCUT2D eigenvalue weighted by molar-refractivity contribution is 7.92. The highest BCUT2D eigenvalue weighted by Crippen LogP contribution is 2.50. The molecule has 106 valence electrons. The third-order valence-electron chi connectivity index (χ3n) is 3.63. The summed E-state index contributed by atoms with van der Waals surface area (Å²) in [6.45, 7) is 0. The maximum absolute atomic E-state index is 11.1. The average Bonchev–Trinajstić information content (AvgIpc) is 3.11. The number of benzene rings is 1. The fourth-order valence-electron chi connectivity index (χ4n) is 2.32. The molecule has 3 rings (SSSR count). The summed E-state index contributed by atoms with van der Waals surface area (Å²) in [5.74, 6) is 0.524. The molecular formula is C13H12ClNO4S. The molecule has 7 heteroatoms. The van der Waals surface area contributed by atoms with E-state index >= 15 is 0 Å². The summed E-state index contributed by atoms with van der Waals surface area (Å²) >= 11 is 6.14. The van der Waals surface area contributed by atoms with E-state index in [0.717, 1.165) is 18.4 Å². The number of halogens is 1. The molecular weight excluding hydrogens is 302 g/mol. The van der Waals surface area contributed by atoms with E-state index in [1.54, 1.807) is 18.2 Å². The van der Waals surface area contributed by atoms with Gasteiger partial charge in [0, 0.05) is 0 Å².